The van der Waals surface area contributed by atoms with Crippen molar-refractivity contribution in [3.63, 3.8) is 0 Å². The molecule has 3 rings (SSSR count). The van der Waals surface area contributed by atoms with E-state index in [0.29, 0.717) is 5.00 Å². The maximum Gasteiger partial charge on any atom is 0.246 e. The summed E-state index contributed by atoms with van der Waals surface area (Å²) in [5, 5.41) is 14.0. The number of tetrazole rings is 1. The number of hydrogen-bond acceptors (Lipinski definition) is 6. The zero-order valence-corrected chi connectivity index (χ0v) is 11.1. The summed E-state index contributed by atoms with van der Waals surface area (Å²) in [5.41, 5.74) is 1.86. The van der Waals surface area contributed by atoms with Crippen LogP contribution in [0.2, 0.25) is 0 Å². The van der Waals surface area contributed by atoms with E-state index >= 15 is 0 Å². The lowest BCUT2D eigenvalue weighted by Gasteiger charge is -2.00. The summed E-state index contributed by atoms with van der Waals surface area (Å²) >= 11 is 1.24. The highest BCUT2D eigenvalue weighted by Gasteiger charge is 2.08. The number of carbonyl (C=O) groups excluding carboxylic acids is 1. The van der Waals surface area contributed by atoms with E-state index in [-0.39, 0.29) is 12.5 Å². The van der Waals surface area contributed by atoms with Crippen LogP contribution in [0.15, 0.2) is 42.7 Å². The van der Waals surface area contributed by atoms with Gasteiger partial charge in [-0.05, 0) is 22.0 Å². The lowest BCUT2D eigenvalue weighted by molar-refractivity contribution is -0.116. The van der Waals surface area contributed by atoms with Gasteiger partial charge in [-0.2, -0.15) is 4.37 Å². The molecule has 0 radical (unpaired) electrons. The van der Waals surface area contributed by atoms with Crippen molar-refractivity contribution in [1.82, 2.24) is 24.6 Å². The van der Waals surface area contributed by atoms with E-state index in [4.69, 9.17) is 0 Å². The van der Waals surface area contributed by atoms with Crippen LogP contribution in [0.5, 0.6) is 0 Å². The first-order valence-corrected chi connectivity index (χ1v) is 6.61. The molecule has 0 saturated carbocycles. The highest BCUT2D eigenvalue weighted by molar-refractivity contribution is 7.10. The number of rotatable bonds is 4. The number of amides is 1. The van der Waals surface area contributed by atoms with Crippen molar-refractivity contribution < 1.29 is 4.79 Å². The van der Waals surface area contributed by atoms with Gasteiger partial charge in [0.15, 0.2) is 0 Å². The Morgan fingerprint density at radius 3 is 2.90 bits per heavy atom. The van der Waals surface area contributed by atoms with Crippen LogP contribution < -0.4 is 5.32 Å². The van der Waals surface area contributed by atoms with Crippen LogP contribution in [0.3, 0.4) is 0 Å². The highest BCUT2D eigenvalue weighted by Crippen LogP contribution is 2.24. The Labute approximate surface area is 118 Å². The van der Waals surface area contributed by atoms with Crippen molar-refractivity contribution in [2.75, 3.05) is 5.32 Å². The minimum absolute atomic E-state index is 0.0750. The van der Waals surface area contributed by atoms with E-state index in [2.05, 4.69) is 25.2 Å². The summed E-state index contributed by atoms with van der Waals surface area (Å²) in [6.45, 7) is 0.0750. The second-order valence-corrected chi connectivity index (χ2v) is 4.80. The van der Waals surface area contributed by atoms with Crippen LogP contribution in [0.4, 0.5) is 5.00 Å². The summed E-state index contributed by atoms with van der Waals surface area (Å²) in [6.07, 6.45) is 1.39. The van der Waals surface area contributed by atoms with Gasteiger partial charge in [-0.3, -0.25) is 4.79 Å². The maximum atomic E-state index is 11.8. The first kappa shape index (κ1) is 12.4. The summed E-state index contributed by atoms with van der Waals surface area (Å²) < 4.78 is 5.67. The Morgan fingerprint density at radius 1 is 1.30 bits per heavy atom. The van der Waals surface area contributed by atoms with Gasteiger partial charge in [-0.1, -0.05) is 30.3 Å². The molecule has 0 atom stereocenters. The third-order valence-electron chi connectivity index (χ3n) is 2.54. The van der Waals surface area contributed by atoms with Crippen LogP contribution >= 0.6 is 11.5 Å². The molecule has 3 aromatic rings. The number of hydrogen-bond donors (Lipinski definition) is 1. The smallest absolute Gasteiger partial charge is 0.246 e. The number of anilines is 1. The third-order valence-corrected chi connectivity index (χ3v) is 3.24. The van der Waals surface area contributed by atoms with E-state index in [1.165, 1.54) is 22.5 Å². The maximum absolute atomic E-state index is 11.8. The van der Waals surface area contributed by atoms with Gasteiger partial charge in [-0.25, -0.2) is 4.68 Å². The summed E-state index contributed by atoms with van der Waals surface area (Å²) in [6, 6.07) is 11.6. The average Bonchev–Trinajstić information content (AvgIpc) is 3.11. The van der Waals surface area contributed by atoms with Gasteiger partial charge in [-0.15, -0.1) is 5.10 Å². The monoisotopic (exact) mass is 286 g/mol. The summed E-state index contributed by atoms with van der Waals surface area (Å²) in [4.78, 5) is 11.8. The molecule has 2 heterocycles. The van der Waals surface area contributed by atoms with E-state index in [0.717, 1.165) is 11.3 Å². The Bertz CT molecular complexity index is 694. The molecule has 0 aliphatic heterocycles. The van der Waals surface area contributed by atoms with Crippen molar-refractivity contribution in [3.05, 3.63) is 42.7 Å². The van der Waals surface area contributed by atoms with Gasteiger partial charge in [0.2, 0.25) is 5.91 Å². The molecule has 0 unspecified atom stereocenters. The van der Waals surface area contributed by atoms with Gasteiger partial charge < -0.3 is 5.32 Å². The molecule has 0 aliphatic carbocycles. The molecule has 1 N–H and O–H groups in total. The number of nitrogens with one attached hydrogen (secondary N) is 1. The van der Waals surface area contributed by atoms with Crippen LogP contribution in [-0.2, 0) is 11.3 Å². The lowest BCUT2D eigenvalue weighted by Crippen LogP contribution is -2.18. The quantitative estimate of drug-likeness (QED) is 0.784. The molecular weight excluding hydrogens is 276 g/mol. The van der Waals surface area contributed by atoms with Crippen molar-refractivity contribution in [2.24, 2.45) is 0 Å². The van der Waals surface area contributed by atoms with Crippen molar-refractivity contribution in [1.29, 1.82) is 0 Å². The molecule has 0 spiro atoms. The van der Waals surface area contributed by atoms with Crippen LogP contribution in [0, 0.1) is 0 Å². The van der Waals surface area contributed by atoms with Crippen molar-refractivity contribution >= 4 is 22.4 Å². The van der Waals surface area contributed by atoms with Crippen molar-refractivity contribution in [3.8, 4) is 11.3 Å². The van der Waals surface area contributed by atoms with E-state index in [9.17, 15) is 4.79 Å². The largest absolute Gasteiger partial charge is 0.315 e. The molecule has 8 heteroatoms. The molecule has 0 bridgehead atoms. The second-order valence-electron chi connectivity index (χ2n) is 4.00. The van der Waals surface area contributed by atoms with Gasteiger partial charge in [0.1, 0.15) is 17.9 Å². The second kappa shape index (κ2) is 5.57. The minimum Gasteiger partial charge on any atom is -0.315 e. The Hall–Kier alpha value is -2.61. The van der Waals surface area contributed by atoms with E-state index in [1.54, 1.807) is 0 Å². The molecule has 0 saturated heterocycles. The number of carbonyl (C=O) groups is 1. The summed E-state index contributed by atoms with van der Waals surface area (Å²) in [5.74, 6) is -0.194. The SMILES string of the molecule is O=C(Cn1cnnn1)Nc1cc(-c2ccccc2)ns1. The third kappa shape index (κ3) is 2.86. The molecule has 7 nitrogen and oxygen atoms in total. The number of benzene rings is 1. The van der Waals surface area contributed by atoms with Crippen LogP contribution in [0.25, 0.3) is 11.3 Å². The fourth-order valence-electron chi connectivity index (χ4n) is 1.66. The molecule has 20 heavy (non-hydrogen) atoms. The highest BCUT2D eigenvalue weighted by atomic mass is 32.1. The molecule has 0 aliphatic rings. The fourth-order valence-corrected chi connectivity index (χ4v) is 2.33. The Kier molecular flexibility index (Phi) is 3.46. The average molecular weight is 286 g/mol. The molecule has 1 aromatic carbocycles. The normalized spacial score (nSPS) is 10.4. The molecule has 0 fully saturated rings. The van der Waals surface area contributed by atoms with E-state index in [1.807, 2.05) is 36.4 Å². The number of nitrogens with zero attached hydrogens (tertiary/aromatic N) is 5. The molecule has 2 aromatic heterocycles. The standard InChI is InChI=1S/C12H10N6OS/c19-11(7-18-8-13-16-17-18)14-12-6-10(15-20-12)9-4-2-1-3-5-9/h1-6,8H,7H2,(H,14,19). The summed E-state index contributed by atoms with van der Waals surface area (Å²) in [7, 11) is 0. The topological polar surface area (TPSA) is 85.6 Å². The van der Waals surface area contributed by atoms with Gasteiger partial charge in [0.05, 0.1) is 5.69 Å². The first-order valence-electron chi connectivity index (χ1n) is 5.84. The van der Waals surface area contributed by atoms with Crippen molar-refractivity contribution in [2.45, 2.75) is 6.54 Å². The van der Waals surface area contributed by atoms with E-state index < -0.39 is 0 Å². The Morgan fingerprint density at radius 2 is 2.15 bits per heavy atom. The fraction of sp³-hybridized carbons (Fsp3) is 0.0833. The number of aromatic nitrogens is 5. The molecule has 1 amide bonds. The first-order chi connectivity index (χ1) is 9.81. The zero-order chi connectivity index (χ0) is 13.8. The van der Waals surface area contributed by atoms with Crippen LogP contribution in [-0.4, -0.2) is 30.5 Å². The van der Waals surface area contributed by atoms with Gasteiger partial charge in [0, 0.05) is 11.6 Å². The zero-order valence-electron chi connectivity index (χ0n) is 10.3. The molecule has 100 valence electrons. The van der Waals surface area contributed by atoms with Gasteiger partial charge in [0.25, 0.3) is 0 Å². The lowest BCUT2D eigenvalue weighted by atomic mass is 10.2. The predicted octanol–water partition coefficient (Wildman–Crippen LogP) is 1.44. The predicted molar refractivity (Wildman–Crippen MR) is 74.0 cm³/mol. The Balaban J connectivity index is 1.67. The van der Waals surface area contributed by atoms with Crippen LogP contribution in [0.1, 0.15) is 0 Å². The van der Waals surface area contributed by atoms with Gasteiger partial charge >= 0.3 is 0 Å². The molecular formula is C12H10N6OS. The minimum atomic E-state index is -0.194.